The molecule has 2 rings (SSSR count). The van der Waals surface area contributed by atoms with Gasteiger partial charge in [0.05, 0.1) is 0 Å². The summed E-state index contributed by atoms with van der Waals surface area (Å²) in [7, 11) is 1.83. The predicted molar refractivity (Wildman–Crippen MR) is 63.2 cm³/mol. The van der Waals surface area contributed by atoms with Crippen LogP contribution in [-0.4, -0.2) is 40.3 Å². The molecule has 1 amide bonds. The first-order valence-corrected chi connectivity index (χ1v) is 6.00. The molecule has 2 N–H and O–H groups in total. The van der Waals surface area contributed by atoms with Gasteiger partial charge in [-0.3, -0.25) is 9.48 Å². The summed E-state index contributed by atoms with van der Waals surface area (Å²) in [5.74, 6) is 1.48. The van der Waals surface area contributed by atoms with E-state index >= 15 is 0 Å². The van der Waals surface area contributed by atoms with Gasteiger partial charge in [-0.05, 0) is 19.0 Å². The molecule has 0 spiro atoms. The van der Waals surface area contributed by atoms with E-state index in [1.165, 1.54) is 0 Å². The first-order valence-electron chi connectivity index (χ1n) is 6.00. The summed E-state index contributed by atoms with van der Waals surface area (Å²) in [5, 5.41) is 10.3. The summed E-state index contributed by atoms with van der Waals surface area (Å²) in [6.45, 7) is 4.50. The van der Waals surface area contributed by atoms with Crippen LogP contribution in [0.15, 0.2) is 6.33 Å². The molecule has 0 saturated carbocycles. The van der Waals surface area contributed by atoms with Crippen molar-refractivity contribution in [2.75, 3.05) is 19.6 Å². The van der Waals surface area contributed by atoms with Crippen molar-refractivity contribution in [3.8, 4) is 0 Å². The molecule has 0 radical (unpaired) electrons. The highest BCUT2D eigenvalue weighted by molar-refractivity contribution is 5.78. The van der Waals surface area contributed by atoms with E-state index in [0.29, 0.717) is 18.9 Å². The number of carbonyl (C=O) groups excluding carboxylic acids is 1. The Hall–Kier alpha value is -1.43. The zero-order chi connectivity index (χ0) is 12.3. The maximum Gasteiger partial charge on any atom is 0.223 e. The van der Waals surface area contributed by atoms with Gasteiger partial charge in [-0.1, -0.05) is 6.92 Å². The number of carbonyl (C=O) groups is 1. The minimum atomic E-state index is 0.0907. The van der Waals surface area contributed by atoms with Gasteiger partial charge in [-0.25, -0.2) is 4.98 Å². The lowest BCUT2D eigenvalue weighted by Crippen LogP contribution is -2.49. The first-order chi connectivity index (χ1) is 8.16. The van der Waals surface area contributed by atoms with Gasteiger partial charge in [0.2, 0.25) is 5.91 Å². The van der Waals surface area contributed by atoms with E-state index in [1.54, 1.807) is 11.0 Å². The fourth-order valence-electron chi connectivity index (χ4n) is 1.84. The van der Waals surface area contributed by atoms with E-state index < -0.39 is 0 Å². The number of nitrogens with zero attached hydrogens (tertiary/aromatic N) is 3. The number of rotatable bonds is 5. The Morgan fingerprint density at radius 1 is 1.71 bits per heavy atom. The Labute approximate surface area is 101 Å². The zero-order valence-electron chi connectivity index (χ0n) is 10.3. The molecule has 6 nitrogen and oxygen atoms in total. The lowest BCUT2D eigenvalue weighted by Gasteiger charge is -2.31. The Kier molecular flexibility index (Phi) is 3.73. The molecule has 1 unspecified atom stereocenters. The molecule has 0 aliphatic carbocycles. The average molecular weight is 237 g/mol. The second-order valence-electron chi connectivity index (χ2n) is 4.58. The maximum absolute atomic E-state index is 11.8. The highest BCUT2D eigenvalue weighted by Gasteiger charge is 2.28. The Morgan fingerprint density at radius 2 is 2.47 bits per heavy atom. The third-order valence-corrected chi connectivity index (χ3v) is 3.23. The summed E-state index contributed by atoms with van der Waals surface area (Å²) in [6.07, 6.45) is 2.35. The molecule has 1 atom stereocenters. The zero-order valence-corrected chi connectivity index (χ0v) is 10.3. The molecular weight excluding hydrogens is 218 g/mol. The Balaban J connectivity index is 1.69. The fraction of sp³-hybridized carbons (Fsp3) is 0.727. The Bertz CT molecular complexity index is 385. The molecule has 0 aromatic carbocycles. The van der Waals surface area contributed by atoms with Crippen molar-refractivity contribution < 1.29 is 4.79 Å². The van der Waals surface area contributed by atoms with Crippen LogP contribution >= 0.6 is 0 Å². The molecule has 2 heterocycles. The quantitative estimate of drug-likeness (QED) is 0.712. The van der Waals surface area contributed by atoms with E-state index in [9.17, 15) is 4.79 Å². The number of aromatic nitrogens is 3. The normalized spacial score (nSPS) is 17.5. The number of hydrogen-bond donors (Lipinski definition) is 2. The van der Waals surface area contributed by atoms with E-state index in [1.807, 2.05) is 14.0 Å². The number of aryl methyl sites for hydroxylation is 1. The molecule has 94 valence electrons. The largest absolute Gasteiger partial charge is 0.355 e. The number of hydrogen-bond acceptors (Lipinski definition) is 4. The molecule has 1 saturated heterocycles. The maximum atomic E-state index is 11.8. The first kappa shape index (κ1) is 12.0. The molecule has 6 heteroatoms. The third kappa shape index (κ3) is 3.03. The van der Waals surface area contributed by atoms with Gasteiger partial charge >= 0.3 is 0 Å². The lowest BCUT2D eigenvalue weighted by molar-refractivity contribution is -0.126. The molecule has 1 aliphatic rings. The van der Waals surface area contributed by atoms with Crippen LogP contribution in [0, 0.1) is 11.8 Å². The molecule has 1 fully saturated rings. The van der Waals surface area contributed by atoms with Crippen molar-refractivity contribution in [1.29, 1.82) is 0 Å². The van der Waals surface area contributed by atoms with Crippen LogP contribution in [0.2, 0.25) is 0 Å². The van der Waals surface area contributed by atoms with Gasteiger partial charge in [0, 0.05) is 25.9 Å². The van der Waals surface area contributed by atoms with Crippen LogP contribution in [0.1, 0.15) is 12.7 Å². The number of nitrogens with one attached hydrogen (secondary N) is 2. The highest BCUT2D eigenvalue weighted by Crippen LogP contribution is 2.15. The summed E-state index contributed by atoms with van der Waals surface area (Å²) < 4.78 is 1.67. The summed E-state index contributed by atoms with van der Waals surface area (Å²) >= 11 is 0. The standard InChI is InChI=1S/C11H19N5O/c1-8(9-5-12-6-9)11(17)13-4-3-10-14-7-16(2)15-10/h7-9,12H,3-6H2,1-2H3,(H,13,17). The van der Waals surface area contributed by atoms with Gasteiger partial charge < -0.3 is 10.6 Å². The predicted octanol–water partition coefficient (Wildman–Crippen LogP) is -0.671. The van der Waals surface area contributed by atoms with Crippen molar-refractivity contribution in [1.82, 2.24) is 25.4 Å². The van der Waals surface area contributed by atoms with Crippen LogP contribution in [0.3, 0.4) is 0 Å². The summed E-state index contributed by atoms with van der Waals surface area (Å²) in [5.41, 5.74) is 0. The van der Waals surface area contributed by atoms with Crippen LogP contribution in [0.25, 0.3) is 0 Å². The number of amides is 1. The smallest absolute Gasteiger partial charge is 0.223 e. The topological polar surface area (TPSA) is 71.8 Å². The molecule has 0 bridgehead atoms. The van der Waals surface area contributed by atoms with E-state index in [2.05, 4.69) is 20.7 Å². The SMILES string of the molecule is CC(C(=O)NCCc1ncn(C)n1)C1CNC1. The monoisotopic (exact) mass is 237 g/mol. The van der Waals surface area contributed by atoms with Crippen LogP contribution in [0.5, 0.6) is 0 Å². The van der Waals surface area contributed by atoms with Crippen LogP contribution in [0.4, 0.5) is 0 Å². The van der Waals surface area contributed by atoms with Crippen LogP contribution < -0.4 is 10.6 Å². The van der Waals surface area contributed by atoms with Crippen molar-refractivity contribution in [3.63, 3.8) is 0 Å². The molecule has 1 aliphatic heterocycles. The van der Waals surface area contributed by atoms with Crippen molar-refractivity contribution >= 4 is 5.91 Å². The minimum Gasteiger partial charge on any atom is -0.355 e. The van der Waals surface area contributed by atoms with E-state index in [0.717, 1.165) is 18.9 Å². The molecule has 17 heavy (non-hydrogen) atoms. The van der Waals surface area contributed by atoms with Gasteiger partial charge in [-0.2, -0.15) is 5.10 Å². The molecule has 1 aromatic rings. The van der Waals surface area contributed by atoms with Crippen LogP contribution in [-0.2, 0) is 18.3 Å². The summed E-state index contributed by atoms with van der Waals surface area (Å²) in [6, 6.07) is 0. The molecular formula is C11H19N5O. The second kappa shape index (κ2) is 5.27. The summed E-state index contributed by atoms with van der Waals surface area (Å²) in [4.78, 5) is 15.9. The fourth-order valence-corrected chi connectivity index (χ4v) is 1.84. The van der Waals surface area contributed by atoms with E-state index in [4.69, 9.17) is 0 Å². The third-order valence-electron chi connectivity index (χ3n) is 3.23. The van der Waals surface area contributed by atoms with Crippen molar-refractivity contribution in [2.45, 2.75) is 13.3 Å². The van der Waals surface area contributed by atoms with Gasteiger partial charge in [-0.15, -0.1) is 0 Å². The van der Waals surface area contributed by atoms with Gasteiger partial charge in [0.25, 0.3) is 0 Å². The molecule has 1 aromatic heterocycles. The van der Waals surface area contributed by atoms with Crippen molar-refractivity contribution in [2.24, 2.45) is 18.9 Å². The highest BCUT2D eigenvalue weighted by atomic mass is 16.1. The Morgan fingerprint density at radius 3 is 3.00 bits per heavy atom. The van der Waals surface area contributed by atoms with Gasteiger partial charge in [0.15, 0.2) is 5.82 Å². The second-order valence-corrected chi connectivity index (χ2v) is 4.58. The van der Waals surface area contributed by atoms with Gasteiger partial charge in [0.1, 0.15) is 6.33 Å². The lowest BCUT2D eigenvalue weighted by atomic mass is 9.88. The average Bonchev–Trinajstić information content (AvgIpc) is 2.61. The van der Waals surface area contributed by atoms with E-state index in [-0.39, 0.29) is 11.8 Å². The minimum absolute atomic E-state index is 0.0907. The van der Waals surface area contributed by atoms with Crippen molar-refractivity contribution in [3.05, 3.63) is 12.2 Å².